The second-order valence-corrected chi connectivity index (χ2v) is 8.24. The van der Waals surface area contributed by atoms with E-state index in [-0.39, 0.29) is 5.78 Å². The Kier molecular flexibility index (Phi) is 6.62. The zero-order valence-electron chi connectivity index (χ0n) is 19.4. The maximum atomic E-state index is 11.4. The van der Waals surface area contributed by atoms with Crippen LogP contribution in [0.15, 0.2) is 59.8 Å². The van der Waals surface area contributed by atoms with Crippen LogP contribution in [0.5, 0.6) is 0 Å². The molecule has 10 heteroatoms. The molecule has 4 aromatic rings. The van der Waals surface area contributed by atoms with E-state index >= 15 is 0 Å². The van der Waals surface area contributed by atoms with E-state index in [0.29, 0.717) is 50.6 Å². The van der Waals surface area contributed by atoms with Gasteiger partial charge in [0, 0.05) is 47.9 Å². The molecule has 3 heterocycles. The summed E-state index contributed by atoms with van der Waals surface area (Å²) < 4.78 is 5.46. The number of morpholine rings is 1. The van der Waals surface area contributed by atoms with Crippen molar-refractivity contribution in [2.24, 2.45) is 5.10 Å². The van der Waals surface area contributed by atoms with Gasteiger partial charge >= 0.3 is 0 Å². The average molecular weight is 471 g/mol. The van der Waals surface area contributed by atoms with Crippen molar-refractivity contribution in [3.8, 4) is 0 Å². The summed E-state index contributed by atoms with van der Waals surface area (Å²) >= 11 is 0. The van der Waals surface area contributed by atoms with Crippen LogP contribution in [-0.4, -0.2) is 58.2 Å². The van der Waals surface area contributed by atoms with E-state index < -0.39 is 0 Å². The lowest BCUT2D eigenvalue weighted by Gasteiger charge is -2.27. The number of fused-ring (bicyclic) bond motifs is 1. The maximum absolute atomic E-state index is 11.4. The molecule has 3 N–H and O–H groups in total. The molecular formula is C25H26N8O2. The van der Waals surface area contributed by atoms with Gasteiger partial charge in [0.2, 0.25) is 17.8 Å². The number of para-hydroxylation sites is 1. The van der Waals surface area contributed by atoms with Gasteiger partial charge in [-0.15, -0.1) is 0 Å². The minimum absolute atomic E-state index is 0.127. The minimum Gasteiger partial charge on any atom is -0.378 e. The van der Waals surface area contributed by atoms with E-state index in [1.165, 1.54) is 0 Å². The summed E-state index contributed by atoms with van der Waals surface area (Å²) in [6.45, 7) is 4.21. The largest absolute Gasteiger partial charge is 0.378 e. The van der Waals surface area contributed by atoms with Gasteiger partial charge in [-0.3, -0.25) is 4.79 Å². The quantitative estimate of drug-likeness (QED) is 0.264. The molecule has 35 heavy (non-hydrogen) atoms. The topological polar surface area (TPSA) is 120 Å². The Labute approximate surface area is 202 Å². The average Bonchev–Trinajstić information content (AvgIpc) is 3.28. The lowest BCUT2D eigenvalue weighted by Crippen LogP contribution is -2.37. The van der Waals surface area contributed by atoms with Gasteiger partial charge in [0.25, 0.3) is 0 Å². The predicted molar refractivity (Wildman–Crippen MR) is 136 cm³/mol. The van der Waals surface area contributed by atoms with Crippen molar-refractivity contribution in [1.29, 1.82) is 0 Å². The summed E-state index contributed by atoms with van der Waals surface area (Å²) in [5, 5.41) is 8.67. The number of carbonyl (C=O) groups excluding carboxylic acids is 1. The minimum atomic E-state index is 0.127. The number of Topliss-reactive ketones (excluding diaryl/α,β-unsaturated/α-hetero) is 1. The van der Waals surface area contributed by atoms with Crippen LogP contribution in [0.3, 0.4) is 0 Å². The third kappa shape index (κ3) is 5.61. The summed E-state index contributed by atoms with van der Waals surface area (Å²) in [6, 6.07) is 15.7. The fourth-order valence-electron chi connectivity index (χ4n) is 3.86. The first-order valence-corrected chi connectivity index (χ1v) is 11.4. The number of ketones is 1. The Morgan fingerprint density at radius 1 is 1.09 bits per heavy atom. The van der Waals surface area contributed by atoms with Crippen LogP contribution < -0.4 is 15.6 Å². The van der Waals surface area contributed by atoms with Crippen molar-refractivity contribution in [1.82, 2.24) is 19.9 Å². The Bertz CT molecular complexity index is 1340. The van der Waals surface area contributed by atoms with Gasteiger partial charge in [-0.1, -0.05) is 30.3 Å². The van der Waals surface area contributed by atoms with Crippen LogP contribution in [0.2, 0.25) is 0 Å². The van der Waals surface area contributed by atoms with Gasteiger partial charge in [0.15, 0.2) is 0 Å². The molecule has 0 bridgehead atoms. The number of aromatic amines is 1. The van der Waals surface area contributed by atoms with Gasteiger partial charge in [0.1, 0.15) is 5.78 Å². The summed E-state index contributed by atoms with van der Waals surface area (Å²) in [6.07, 6.45) is 4.05. The number of nitrogens with zero attached hydrogens (tertiary/aromatic N) is 5. The molecule has 0 saturated carbocycles. The fourth-order valence-corrected chi connectivity index (χ4v) is 3.86. The van der Waals surface area contributed by atoms with E-state index in [4.69, 9.17) is 4.74 Å². The molecule has 0 aliphatic carbocycles. The first-order chi connectivity index (χ1) is 17.1. The highest BCUT2D eigenvalue weighted by atomic mass is 16.5. The third-order valence-corrected chi connectivity index (χ3v) is 5.57. The smallest absolute Gasteiger partial charge is 0.250 e. The number of carbonyl (C=O) groups is 1. The fraction of sp³-hybridized carbons (Fsp3) is 0.240. The van der Waals surface area contributed by atoms with Crippen LogP contribution in [-0.2, 0) is 16.0 Å². The number of hydrazone groups is 1. The van der Waals surface area contributed by atoms with Gasteiger partial charge < -0.3 is 19.9 Å². The lowest BCUT2D eigenvalue weighted by molar-refractivity contribution is -0.116. The summed E-state index contributed by atoms with van der Waals surface area (Å²) in [5.41, 5.74) is 6.72. The summed E-state index contributed by atoms with van der Waals surface area (Å²) in [5.74, 6) is 1.39. The normalized spacial score (nSPS) is 13.9. The van der Waals surface area contributed by atoms with Gasteiger partial charge in [-0.05, 0) is 30.7 Å². The molecule has 5 rings (SSSR count). The number of benzene rings is 2. The van der Waals surface area contributed by atoms with Crippen molar-refractivity contribution in [3.05, 3.63) is 65.9 Å². The standard InChI is InChI=1S/C25H26N8O2/c1-17(34)14-18-6-8-20(9-7-18)28-23-29-24(31-25(30-23)33-10-12-35-13-11-33)32-27-16-19-15-26-22-5-3-2-4-21(19)22/h2-9,15-16,26H,10-14H2,1H3,(H2,28,29,30,31,32)/b27-16+. The molecule has 178 valence electrons. The molecule has 1 saturated heterocycles. The van der Waals surface area contributed by atoms with Crippen LogP contribution in [0.25, 0.3) is 10.9 Å². The number of anilines is 4. The van der Waals surface area contributed by atoms with Gasteiger partial charge in [0.05, 0.1) is 19.4 Å². The first-order valence-electron chi connectivity index (χ1n) is 11.4. The lowest BCUT2D eigenvalue weighted by atomic mass is 10.1. The van der Waals surface area contributed by atoms with E-state index in [2.05, 4.69) is 40.7 Å². The van der Waals surface area contributed by atoms with E-state index in [1.807, 2.05) is 54.7 Å². The molecule has 2 aromatic heterocycles. The zero-order chi connectivity index (χ0) is 24.0. The highest BCUT2D eigenvalue weighted by molar-refractivity contribution is 5.99. The molecule has 1 fully saturated rings. The molecule has 0 spiro atoms. The molecule has 10 nitrogen and oxygen atoms in total. The number of hydrogen-bond donors (Lipinski definition) is 3. The molecule has 0 atom stereocenters. The summed E-state index contributed by atoms with van der Waals surface area (Å²) in [4.78, 5) is 30.3. The Balaban J connectivity index is 1.37. The van der Waals surface area contributed by atoms with Crippen LogP contribution in [0.4, 0.5) is 23.5 Å². The number of rotatable bonds is 8. The second kappa shape index (κ2) is 10.3. The van der Waals surface area contributed by atoms with Crippen LogP contribution >= 0.6 is 0 Å². The summed E-state index contributed by atoms with van der Waals surface area (Å²) in [7, 11) is 0. The highest BCUT2D eigenvalue weighted by Crippen LogP contribution is 2.20. The van der Waals surface area contributed by atoms with E-state index in [9.17, 15) is 4.79 Å². The Morgan fingerprint density at radius 2 is 1.86 bits per heavy atom. The monoisotopic (exact) mass is 470 g/mol. The van der Waals surface area contributed by atoms with E-state index in [0.717, 1.165) is 27.7 Å². The number of aromatic nitrogens is 4. The third-order valence-electron chi connectivity index (χ3n) is 5.57. The predicted octanol–water partition coefficient (Wildman–Crippen LogP) is 3.51. The van der Waals surface area contributed by atoms with E-state index in [1.54, 1.807) is 13.1 Å². The maximum Gasteiger partial charge on any atom is 0.250 e. The molecule has 1 aliphatic rings. The number of hydrogen-bond acceptors (Lipinski definition) is 9. The molecule has 0 radical (unpaired) electrons. The highest BCUT2D eigenvalue weighted by Gasteiger charge is 2.17. The number of H-pyrrole nitrogens is 1. The van der Waals surface area contributed by atoms with Crippen molar-refractivity contribution >= 4 is 46.4 Å². The van der Waals surface area contributed by atoms with Crippen molar-refractivity contribution in [2.45, 2.75) is 13.3 Å². The van der Waals surface area contributed by atoms with Crippen molar-refractivity contribution in [3.63, 3.8) is 0 Å². The van der Waals surface area contributed by atoms with Crippen LogP contribution in [0, 0.1) is 0 Å². The Hall–Kier alpha value is -4.31. The number of ether oxygens (including phenoxy) is 1. The van der Waals surface area contributed by atoms with Crippen molar-refractivity contribution < 1.29 is 9.53 Å². The molecule has 2 aromatic carbocycles. The molecule has 1 aliphatic heterocycles. The SMILES string of the molecule is CC(=O)Cc1ccc(Nc2nc(N/N=C/c3c[nH]c4ccccc34)nc(N3CCOCC3)n2)cc1. The van der Waals surface area contributed by atoms with Crippen LogP contribution in [0.1, 0.15) is 18.1 Å². The molecule has 0 amide bonds. The van der Waals surface area contributed by atoms with Gasteiger partial charge in [-0.2, -0.15) is 20.1 Å². The molecular weight excluding hydrogens is 444 g/mol. The Morgan fingerprint density at radius 3 is 2.66 bits per heavy atom. The molecule has 0 unspecified atom stereocenters. The van der Waals surface area contributed by atoms with Gasteiger partial charge in [-0.25, -0.2) is 5.43 Å². The first kappa shape index (κ1) is 22.5. The van der Waals surface area contributed by atoms with Crippen molar-refractivity contribution in [2.75, 3.05) is 41.9 Å². The zero-order valence-corrected chi connectivity index (χ0v) is 19.4. The second-order valence-electron chi connectivity index (χ2n) is 8.24. The number of nitrogens with one attached hydrogen (secondary N) is 3.